The van der Waals surface area contributed by atoms with Gasteiger partial charge in [0, 0.05) is 12.3 Å². The Labute approximate surface area is 153 Å². The number of unbranched alkanes of at least 4 members (excludes halogenated alkanes) is 8. The zero-order chi connectivity index (χ0) is 18.0. The van der Waals surface area contributed by atoms with Crippen LogP contribution in [0.15, 0.2) is 0 Å². The van der Waals surface area contributed by atoms with Gasteiger partial charge in [0.25, 0.3) is 0 Å². The molecular formula is C18H36N2O3S. The van der Waals surface area contributed by atoms with Gasteiger partial charge < -0.3 is 15.4 Å². The van der Waals surface area contributed by atoms with Crippen molar-refractivity contribution in [2.24, 2.45) is 0 Å². The molecule has 0 rings (SSSR count). The third-order valence-electron chi connectivity index (χ3n) is 3.85. The molecule has 6 heteroatoms. The van der Waals surface area contributed by atoms with Gasteiger partial charge in [0.15, 0.2) is 0 Å². The molecule has 0 heterocycles. The summed E-state index contributed by atoms with van der Waals surface area (Å²) in [6.07, 6.45) is 11.1. The van der Waals surface area contributed by atoms with Crippen LogP contribution in [0.5, 0.6) is 0 Å². The fourth-order valence-electron chi connectivity index (χ4n) is 2.28. The Bertz CT molecular complexity index is 327. The summed E-state index contributed by atoms with van der Waals surface area (Å²) >= 11 is 4.13. The fourth-order valence-corrected chi connectivity index (χ4v) is 2.54. The molecule has 1 atom stereocenters. The summed E-state index contributed by atoms with van der Waals surface area (Å²) in [6.45, 7) is 5.27. The molecule has 0 aromatic heterocycles. The minimum atomic E-state index is -0.642. The van der Waals surface area contributed by atoms with Crippen LogP contribution in [0.1, 0.15) is 78.1 Å². The van der Waals surface area contributed by atoms with Gasteiger partial charge >= 0.3 is 6.09 Å². The van der Waals surface area contributed by atoms with Gasteiger partial charge in [-0.3, -0.25) is 4.79 Å². The fraction of sp³-hybridized carbons (Fsp3) is 0.889. The van der Waals surface area contributed by atoms with Crippen molar-refractivity contribution < 1.29 is 14.3 Å². The summed E-state index contributed by atoms with van der Waals surface area (Å²) in [4.78, 5) is 23.6. The van der Waals surface area contributed by atoms with Gasteiger partial charge in [-0.1, -0.05) is 65.2 Å². The number of amides is 2. The van der Waals surface area contributed by atoms with Crippen LogP contribution in [-0.2, 0) is 9.53 Å². The van der Waals surface area contributed by atoms with Crippen molar-refractivity contribution in [3.63, 3.8) is 0 Å². The summed E-state index contributed by atoms with van der Waals surface area (Å²) in [6, 6.07) is -0.642. The first-order chi connectivity index (χ1) is 11.7. The number of thiol groups is 1. The summed E-state index contributed by atoms with van der Waals surface area (Å²) in [7, 11) is 0. The highest BCUT2D eigenvalue weighted by atomic mass is 32.1. The van der Waals surface area contributed by atoms with E-state index in [0.717, 1.165) is 25.7 Å². The minimum Gasteiger partial charge on any atom is -0.450 e. The average Bonchev–Trinajstić information content (AvgIpc) is 2.58. The maximum Gasteiger partial charge on any atom is 0.407 e. The van der Waals surface area contributed by atoms with Crippen molar-refractivity contribution in [1.29, 1.82) is 0 Å². The molecule has 0 aliphatic rings. The molecular weight excluding hydrogens is 324 g/mol. The van der Waals surface area contributed by atoms with E-state index in [1.54, 1.807) is 0 Å². The second kappa shape index (κ2) is 16.9. The molecule has 0 aromatic rings. The number of rotatable bonds is 15. The van der Waals surface area contributed by atoms with Crippen LogP contribution in [0.4, 0.5) is 4.79 Å². The average molecular weight is 361 g/mol. The number of carbonyl (C=O) groups excluding carboxylic acids is 2. The van der Waals surface area contributed by atoms with Crippen molar-refractivity contribution in [3.05, 3.63) is 0 Å². The lowest BCUT2D eigenvalue weighted by atomic mass is 10.1. The van der Waals surface area contributed by atoms with E-state index in [4.69, 9.17) is 4.74 Å². The second-order valence-electron chi connectivity index (χ2n) is 6.13. The molecule has 0 aromatic carbocycles. The Balaban J connectivity index is 3.69. The largest absolute Gasteiger partial charge is 0.450 e. The highest BCUT2D eigenvalue weighted by molar-refractivity contribution is 7.80. The number of carbonyl (C=O) groups is 2. The van der Waals surface area contributed by atoms with Crippen LogP contribution >= 0.6 is 12.6 Å². The van der Waals surface area contributed by atoms with Gasteiger partial charge in [0.1, 0.15) is 6.04 Å². The van der Waals surface area contributed by atoms with E-state index in [1.165, 1.54) is 38.5 Å². The molecule has 142 valence electrons. The zero-order valence-corrected chi connectivity index (χ0v) is 16.3. The van der Waals surface area contributed by atoms with Crippen LogP contribution in [0.3, 0.4) is 0 Å². The van der Waals surface area contributed by atoms with Gasteiger partial charge in [-0.25, -0.2) is 4.79 Å². The minimum absolute atomic E-state index is 0.194. The van der Waals surface area contributed by atoms with E-state index in [-0.39, 0.29) is 11.7 Å². The van der Waals surface area contributed by atoms with E-state index in [1.807, 2.05) is 6.92 Å². The van der Waals surface area contributed by atoms with E-state index in [2.05, 4.69) is 30.2 Å². The van der Waals surface area contributed by atoms with Crippen LogP contribution < -0.4 is 10.6 Å². The molecule has 0 bridgehead atoms. The van der Waals surface area contributed by atoms with Crippen LogP contribution in [0.2, 0.25) is 0 Å². The van der Waals surface area contributed by atoms with Gasteiger partial charge in [-0.2, -0.15) is 12.6 Å². The number of ether oxygens (including phenoxy) is 1. The highest BCUT2D eigenvalue weighted by Gasteiger charge is 2.19. The molecule has 5 nitrogen and oxygen atoms in total. The summed E-state index contributed by atoms with van der Waals surface area (Å²) in [5.41, 5.74) is 0. The Morgan fingerprint density at radius 2 is 1.50 bits per heavy atom. The van der Waals surface area contributed by atoms with Crippen molar-refractivity contribution in [2.45, 2.75) is 84.1 Å². The SMILES string of the molecule is CCCCCCCCCCNC(=O)[C@H](CS)NC(=O)OCCCC. The predicted molar refractivity (Wildman–Crippen MR) is 103 cm³/mol. The maximum absolute atomic E-state index is 12.0. The van der Waals surface area contributed by atoms with Gasteiger partial charge in [-0.15, -0.1) is 0 Å². The molecule has 0 saturated carbocycles. The van der Waals surface area contributed by atoms with Crippen molar-refractivity contribution >= 4 is 24.6 Å². The third kappa shape index (κ3) is 13.5. The normalized spacial score (nSPS) is 11.8. The Morgan fingerprint density at radius 3 is 2.08 bits per heavy atom. The second-order valence-corrected chi connectivity index (χ2v) is 6.50. The van der Waals surface area contributed by atoms with Crippen molar-refractivity contribution in [2.75, 3.05) is 18.9 Å². The number of hydrogen-bond donors (Lipinski definition) is 3. The van der Waals surface area contributed by atoms with Crippen molar-refractivity contribution in [3.8, 4) is 0 Å². The van der Waals surface area contributed by atoms with E-state index in [0.29, 0.717) is 13.2 Å². The first-order valence-electron chi connectivity index (χ1n) is 9.47. The molecule has 0 fully saturated rings. The number of alkyl carbamates (subject to hydrolysis) is 1. The van der Waals surface area contributed by atoms with E-state index < -0.39 is 12.1 Å². The lowest BCUT2D eigenvalue weighted by molar-refractivity contribution is -0.122. The lowest BCUT2D eigenvalue weighted by Crippen LogP contribution is -2.48. The summed E-state index contributed by atoms with van der Waals surface area (Å²) in [5, 5.41) is 5.42. The van der Waals surface area contributed by atoms with Gasteiger partial charge in [-0.05, 0) is 12.8 Å². The van der Waals surface area contributed by atoms with Gasteiger partial charge in [0.2, 0.25) is 5.91 Å². The molecule has 0 radical (unpaired) electrons. The molecule has 2 N–H and O–H groups in total. The van der Waals surface area contributed by atoms with Crippen LogP contribution in [-0.4, -0.2) is 36.9 Å². The Hall–Kier alpha value is -0.910. The topological polar surface area (TPSA) is 67.4 Å². The maximum atomic E-state index is 12.0. The number of hydrogen-bond acceptors (Lipinski definition) is 4. The standard InChI is InChI=1S/C18H36N2O3S/c1-3-5-7-8-9-10-11-12-13-19-17(21)16(15-24)20-18(22)23-14-6-4-2/h16,24H,3-15H2,1-2H3,(H,19,21)(H,20,22)/t16-/m0/s1. The molecule has 0 aliphatic heterocycles. The van der Waals surface area contributed by atoms with E-state index >= 15 is 0 Å². The molecule has 0 aliphatic carbocycles. The predicted octanol–water partition coefficient (Wildman–Crippen LogP) is 4.07. The molecule has 2 amide bonds. The van der Waals surface area contributed by atoms with E-state index in [9.17, 15) is 9.59 Å². The molecule has 24 heavy (non-hydrogen) atoms. The molecule has 0 saturated heterocycles. The highest BCUT2D eigenvalue weighted by Crippen LogP contribution is 2.07. The van der Waals surface area contributed by atoms with Crippen LogP contribution in [0, 0.1) is 0 Å². The Kier molecular flexibility index (Phi) is 16.3. The number of nitrogens with one attached hydrogen (secondary N) is 2. The first-order valence-corrected chi connectivity index (χ1v) is 10.1. The molecule has 0 unspecified atom stereocenters. The Morgan fingerprint density at radius 1 is 0.917 bits per heavy atom. The first kappa shape index (κ1) is 23.1. The van der Waals surface area contributed by atoms with Gasteiger partial charge in [0.05, 0.1) is 6.61 Å². The quantitative estimate of drug-likeness (QED) is 0.305. The lowest BCUT2D eigenvalue weighted by Gasteiger charge is -2.16. The van der Waals surface area contributed by atoms with Crippen LogP contribution in [0.25, 0.3) is 0 Å². The molecule has 0 spiro atoms. The third-order valence-corrected chi connectivity index (χ3v) is 4.22. The summed E-state index contributed by atoms with van der Waals surface area (Å²) < 4.78 is 5.00. The monoisotopic (exact) mass is 360 g/mol. The summed E-state index contributed by atoms with van der Waals surface area (Å²) in [5.74, 6) is 0.0620. The van der Waals surface area contributed by atoms with Crippen molar-refractivity contribution in [1.82, 2.24) is 10.6 Å². The zero-order valence-electron chi connectivity index (χ0n) is 15.4. The smallest absolute Gasteiger partial charge is 0.407 e.